The average molecular weight is 179 g/mol. The molecule has 0 aliphatic heterocycles. The summed E-state index contributed by atoms with van der Waals surface area (Å²) >= 11 is 0. The molecule has 0 aromatic carbocycles. The molecule has 2 nitrogen and oxygen atoms in total. The van der Waals surface area contributed by atoms with Crippen molar-refractivity contribution in [2.24, 2.45) is 5.92 Å². The standard InChI is InChI=1S/C11H17NO/c1-9-4-5-10(7-9)12-8-11-3-2-6-13-11/h2-3,6,9-10,12H,4-5,7-8H2,1H3/t9-,10+/m1/s1. The molecule has 1 aromatic rings. The fourth-order valence-corrected chi connectivity index (χ4v) is 2.05. The molecule has 0 saturated heterocycles. The molecule has 0 spiro atoms. The summed E-state index contributed by atoms with van der Waals surface area (Å²) < 4.78 is 5.26. The van der Waals surface area contributed by atoms with E-state index in [0.29, 0.717) is 6.04 Å². The number of rotatable bonds is 3. The second-order valence-corrected chi connectivity index (χ2v) is 4.08. The Morgan fingerprint density at radius 3 is 3.08 bits per heavy atom. The lowest BCUT2D eigenvalue weighted by Gasteiger charge is -2.10. The molecule has 2 heteroatoms. The van der Waals surface area contributed by atoms with Gasteiger partial charge in [0, 0.05) is 6.04 Å². The Morgan fingerprint density at radius 1 is 1.54 bits per heavy atom. The van der Waals surface area contributed by atoms with Gasteiger partial charge in [0.15, 0.2) is 0 Å². The highest BCUT2D eigenvalue weighted by Crippen LogP contribution is 2.24. The van der Waals surface area contributed by atoms with Gasteiger partial charge in [-0.2, -0.15) is 0 Å². The lowest BCUT2D eigenvalue weighted by molar-refractivity contribution is 0.439. The van der Waals surface area contributed by atoms with Crippen LogP contribution in [-0.2, 0) is 6.54 Å². The monoisotopic (exact) mass is 179 g/mol. The Kier molecular flexibility index (Phi) is 2.69. The van der Waals surface area contributed by atoms with Crippen molar-refractivity contribution in [3.05, 3.63) is 24.2 Å². The zero-order valence-corrected chi connectivity index (χ0v) is 8.12. The van der Waals surface area contributed by atoms with Crippen LogP contribution in [-0.4, -0.2) is 6.04 Å². The SMILES string of the molecule is C[C@@H]1CC[C@H](NCc2ccco2)C1. The molecular weight excluding hydrogens is 162 g/mol. The van der Waals surface area contributed by atoms with E-state index in [4.69, 9.17) is 4.42 Å². The van der Waals surface area contributed by atoms with Crippen molar-refractivity contribution >= 4 is 0 Å². The molecule has 2 atom stereocenters. The van der Waals surface area contributed by atoms with E-state index in [1.54, 1.807) is 6.26 Å². The fraction of sp³-hybridized carbons (Fsp3) is 0.636. The molecular formula is C11H17NO. The van der Waals surface area contributed by atoms with Crippen molar-refractivity contribution in [1.82, 2.24) is 5.32 Å². The number of furan rings is 1. The summed E-state index contributed by atoms with van der Waals surface area (Å²) in [6.45, 7) is 3.21. The van der Waals surface area contributed by atoms with E-state index in [1.165, 1.54) is 19.3 Å². The van der Waals surface area contributed by atoms with Gasteiger partial charge in [-0.3, -0.25) is 0 Å². The molecule has 2 rings (SSSR count). The predicted octanol–water partition coefficient (Wildman–Crippen LogP) is 2.56. The largest absolute Gasteiger partial charge is 0.468 e. The maximum absolute atomic E-state index is 5.26. The molecule has 1 heterocycles. The Bertz CT molecular complexity index is 243. The van der Waals surface area contributed by atoms with Gasteiger partial charge in [-0.1, -0.05) is 6.92 Å². The molecule has 0 amide bonds. The van der Waals surface area contributed by atoms with E-state index in [1.807, 2.05) is 12.1 Å². The lowest BCUT2D eigenvalue weighted by Crippen LogP contribution is -2.25. The highest BCUT2D eigenvalue weighted by Gasteiger charge is 2.20. The third-order valence-electron chi connectivity index (χ3n) is 2.84. The van der Waals surface area contributed by atoms with Crippen LogP contribution in [0.15, 0.2) is 22.8 Å². The van der Waals surface area contributed by atoms with Crippen LogP contribution < -0.4 is 5.32 Å². The van der Waals surface area contributed by atoms with Crippen LogP contribution in [0.25, 0.3) is 0 Å². The molecule has 1 aliphatic rings. The number of hydrogen-bond acceptors (Lipinski definition) is 2. The lowest BCUT2D eigenvalue weighted by atomic mass is 10.1. The first-order valence-corrected chi connectivity index (χ1v) is 5.10. The maximum Gasteiger partial charge on any atom is 0.117 e. The van der Waals surface area contributed by atoms with Gasteiger partial charge in [0.2, 0.25) is 0 Å². The quantitative estimate of drug-likeness (QED) is 0.771. The van der Waals surface area contributed by atoms with E-state index in [9.17, 15) is 0 Å². The summed E-state index contributed by atoms with van der Waals surface area (Å²) in [6.07, 6.45) is 5.74. The number of hydrogen-bond donors (Lipinski definition) is 1. The Balaban J connectivity index is 1.74. The fourth-order valence-electron chi connectivity index (χ4n) is 2.05. The Morgan fingerprint density at radius 2 is 2.46 bits per heavy atom. The highest BCUT2D eigenvalue weighted by atomic mass is 16.3. The molecule has 13 heavy (non-hydrogen) atoms. The van der Waals surface area contributed by atoms with Crippen molar-refractivity contribution in [2.45, 2.75) is 38.8 Å². The van der Waals surface area contributed by atoms with E-state index in [2.05, 4.69) is 12.2 Å². The van der Waals surface area contributed by atoms with Crippen LogP contribution in [0.5, 0.6) is 0 Å². The van der Waals surface area contributed by atoms with Crippen LogP contribution in [0.4, 0.5) is 0 Å². The van der Waals surface area contributed by atoms with Gasteiger partial charge in [-0.25, -0.2) is 0 Å². The minimum absolute atomic E-state index is 0.708. The van der Waals surface area contributed by atoms with Crippen LogP contribution in [0.3, 0.4) is 0 Å². The van der Waals surface area contributed by atoms with Crippen molar-refractivity contribution in [1.29, 1.82) is 0 Å². The first-order chi connectivity index (χ1) is 6.34. The molecule has 0 unspecified atom stereocenters. The molecule has 72 valence electrons. The topological polar surface area (TPSA) is 25.2 Å². The second kappa shape index (κ2) is 3.97. The Labute approximate surface area is 79.3 Å². The smallest absolute Gasteiger partial charge is 0.117 e. The third kappa shape index (κ3) is 2.34. The van der Waals surface area contributed by atoms with Crippen LogP contribution in [0, 0.1) is 5.92 Å². The van der Waals surface area contributed by atoms with Crippen LogP contribution >= 0.6 is 0 Å². The molecule has 0 bridgehead atoms. The first kappa shape index (κ1) is 8.82. The third-order valence-corrected chi connectivity index (χ3v) is 2.84. The van der Waals surface area contributed by atoms with Gasteiger partial charge in [-0.05, 0) is 37.3 Å². The van der Waals surface area contributed by atoms with Crippen molar-refractivity contribution in [2.75, 3.05) is 0 Å². The zero-order chi connectivity index (χ0) is 9.10. The molecule has 1 N–H and O–H groups in total. The van der Waals surface area contributed by atoms with Gasteiger partial charge >= 0.3 is 0 Å². The summed E-state index contributed by atoms with van der Waals surface area (Å²) in [5.74, 6) is 1.94. The van der Waals surface area contributed by atoms with Gasteiger partial charge in [0.1, 0.15) is 5.76 Å². The van der Waals surface area contributed by atoms with Crippen LogP contribution in [0.1, 0.15) is 31.9 Å². The summed E-state index contributed by atoms with van der Waals surface area (Å²) in [5, 5.41) is 3.52. The molecule has 1 fully saturated rings. The van der Waals surface area contributed by atoms with Crippen LogP contribution in [0.2, 0.25) is 0 Å². The average Bonchev–Trinajstić information content (AvgIpc) is 2.71. The van der Waals surface area contributed by atoms with Gasteiger partial charge < -0.3 is 9.73 Å². The summed E-state index contributed by atoms with van der Waals surface area (Å²) in [5.41, 5.74) is 0. The predicted molar refractivity (Wildman–Crippen MR) is 52.4 cm³/mol. The maximum atomic E-state index is 5.26. The normalized spacial score (nSPS) is 28.1. The van der Waals surface area contributed by atoms with E-state index < -0.39 is 0 Å². The van der Waals surface area contributed by atoms with Gasteiger partial charge in [-0.15, -0.1) is 0 Å². The van der Waals surface area contributed by atoms with Crippen molar-refractivity contribution in [3.63, 3.8) is 0 Å². The molecule has 1 aliphatic carbocycles. The van der Waals surface area contributed by atoms with E-state index in [0.717, 1.165) is 18.2 Å². The highest BCUT2D eigenvalue weighted by molar-refractivity contribution is 4.98. The van der Waals surface area contributed by atoms with Crippen molar-refractivity contribution in [3.8, 4) is 0 Å². The molecule has 0 radical (unpaired) electrons. The van der Waals surface area contributed by atoms with E-state index in [-0.39, 0.29) is 0 Å². The minimum atomic E-state index is 0.708. The van der Waals surface area contributed by atoms with Crippen molar-refractivity contribution < 1.29 is 4.42 Å². The molecule has 1 aromatic heterocycles. The number of nitrogens with one attached hydrogen (secondary N) is 1. The second-order valence-electron chi connectivity index (χ2n) is 4.08. The zero-order valence-electron chi connectivity index (χ0n) is 8.12. The Hall–Kier alpha value is -0.760. The van der Waals surface area contributed by atoms with Gasteiger partial charge in [0.05, 0.1) is 12.8 Å². The summed E-state index contributed by atoms with van der Waals surface area (Å²) in [4.78, 5) is 0. The van der Waals surface area contributed by atoms with E-state index >= 15 is 0 Å². The summed E-state index contributed by atoms with van der Waals surface area (Å²) in [7, 11) is 0. The van der Waals surface area contributed by atoms with Gasteiger partial charge in [0.25, 0.3) is 0 Å². The molecule has 1 saturated carbocycles. The first-order valence-electron chi connectivity index (χ1n) is 5.10. The summed E-state index contributed by atoms with van der Waals surface area (Å²) in [6, 6.07) is 4.67. The minimum Gasteiger partial charge on any atom is -0.468 e.